The maximum absolute atomic E-state index is 12.9. The Hall–Kier alpha value is -2.04. The summed E-state index contributed by atoms with van der Waals surface area (Å²) in [6.07, 6.45) is -0.654. The Morgan fingerprint density at radius 1 is 1.30 bits per heavy atom. The first kappa shape index (κ1) is 21.2. The summed E-state index contributed by atoms with van der Waals surface area (Å²) in [5, 5.41) is 2.90. The monoisotopic (exact) mass is 473 g/mol. The zero-order chi connectivity index (χ0) is 21.5. The molecule has 0 unspecified atom stereocenters. The van der Waals surface area contributed by atoms with Crippen LogP contribution >= 0.6 is 34.7 Å². The number of fused-ring (bicyclic) bond motifs is 3. The summed E-state index contributed by atoms with van der Waals surface area (Å²) >= 11 is 8.10. The second-order valence-electron chi connectivity index (χ2n) is 6.79. The van der Waals surface area contributed by atoms with Crippen LogP contribution in [0.2, 0.25) is 5.02 Å². The molecule has 5 nitrogen and oxygen atoms in total. The number of hydrogen-bond donors (Lipinski definition) is 2. The molecule has 30 heavy (non-hydrogen) atoms. The van der Waals surface area contributed by atoms with E-state index in [1.807, 2.05) is 0 Å². The molecule has 2 N–H and O–H groups in total. The number of aryl methyl sites for hydroxylation is 2. The van der Waals surface area contributed by atoms with Crippen LogP contribution in [0.3, 0.4) is 0 Å². The Bertz CT molecular complexity index is 1190. The van der Waals surface area contributed by atoms with Crippen LogP contribution < -0.4 is 10.9 Å². The number of aromatic nitrogens is 2. The van der Waals surface area contributed by atoms with Gasteiger partial charge in [-0.2, -0.15) is 13.2 Å². The van der Waals surface area contributed by atoms with E-state index in [4.69, 9.17) is 11.6 Å². The highest BCUT2D eigenvalue weighted by molar-refractivity contribution is 7.99. The summed E-state index contributed by atoms with van der Waals surface area (Å²) in [6.45, 7) is 0. The molecule has 0 spiro atoms. The van der Waals surface area contributed by atoms with Gasteiger partial charge in [0, 0.05) is 10.6 Å². The lowest BCUT2D eigenvalue weighted by atomic mass is 9.97. The van der Waals surface area contributed by atoms with Gasteiger partial charge in [0.25, 0.3) is 5.56 Å². The van der Waals surface area contributed by atoms with Crippen LogP contribution in [0.25, 0.3) is 10.2 Å². The molecule has 158 valence electrons. The van der Waals surface area contributed by atoms with Crippen LogP contribution in [0, 0.1) is 0 Å². The minimum atomic E-state index is -4.62. The Labute approximate surface area is 182 Å². The van der Waals surface area contributed by atoms with Crippen molar-refractivity contribution in [1.29, 1.82) is 0 Å². The van der Waals surface area contributed by atoms with Crippen molar-refractivity contribution >= 4 is 56.5 Å². The standard InChI is InChI=1S/C19H15ClF3N3O2S2/c20-12-6-5-9(7-11(12)19(21,22)23)24-14(27)8-29-18-25-16(28)15-10-3-1-2-4-13(10)30-17(15)26-18/h5-7H,1-4,8H2,(H,24,27)(H,25,26,28). The number of nitrogens with zero attached hydrogens (tertiary/aromatic N) is 1. The highest BCUT2D eigenvalue weighted by atomic mass is 35.5. The third-order valence-electron chi connectivity index (χ3n) is 4.70. The first-order chi connectivity index (χ1) is 14.2. The SMILES string of the molecule is O=C(CSc1nc2sc3c(c2c(=O)[nH]1)CCCC3)Nc1ccc(Cl)c(C(F)(F)F)c1. The number of halogens is 4. The quantitative estimate of drug-likeness (QED) is 0.400. The predicted molar refractivity (Wildman–Crippen MR) is 113 cm³/mol. The molecule has 0 bridgehead atoms. The van der Waals surface area contributed by atoms with Crippen molar-refractivity contribution in [3.63, 3.8) is 0 Å². The summed E-state index contributed by atoms with van der Waals surface area (Å²) in [5.41, 5.74) is -0.185. The highest BCUT2D eigenvalue weighted by Crippen LogP contribution is 2.36. The molecule has 4 rings (SSSR count). The van der Waals surface area contributed by atoms with Gasteiger partial charge in [-0.25, -0.2) is 4.98 Å². The van der Waals surface area contributed by atoms with E-state index >= 15 is 0 Å². The molecule has 0 saturated heterocycles. The van der Waals surface area contributed by atoms with E-state index in [0.29, 0.717) is 15.4 Å². The van der Waals surface area contributed by atoms with Gasteiger partial charge in [0.05, 0.1) is 21.7 Å². The number of carbonyl (C=O) groups excluding carboxylic acids is 1. The van der Waals surface area contributed by atoms with Gasteiger partial charge >= 0.3 is 6.18 Å². The highest BCUT2D eigenvalue weighted by Gasteiger charge is 2.33. The number of anilines is 1. The lowest BCUT2D eigenvalue weighted by molar-refractivity contribution is -0.137. The largest absolute Gasteiger partial charge is 0.417 e. The molecule has 11 heteroatoms. The van der Waals surface area contributed by atoms with Crippen LogP contribution in [-0.4, -0.2) is 21.6 Å². The fraction of sp³-hybridized carbons (Fsp3) is 0.316. The van der Waals surface area contributed by atoms with Gasteiger partial charge in [-0.15, -0.1) is 11.3 Å². The van der Waals surface area contributed by atoms with E-state index in [1.165, 1.54) is 22.3 Å². The summed E-state index contributed by atoms with van der Waals surface area (Å²) in [7, 11) is 0. The first-order valence-electron chi connectivity index (χ1n) is 9.06. The zero-order valence-electron chi connectivity index (χ0n) is 15.4. The maximum Gasteiger partial charge on any atom is 0.417 e. The van der Waals surface area contributed by atoms with E-state index in [0.717, 1.165) is 55.1 Å². The van der Waals surface area contributed by atoms with Crippen molar-refractivity contribution in [1.82, 2.24) is 9.97 Å². The van der Waals surface area contributed by atoms with Gasteiger partial charge in [0.2, 0.25) is 5.91 Å². The molecule has 0 radical (unpaired) electrons. The molecule has 2 aromatic heterocycles. The summed E-state index contributed by atoms with van der Waals surface area (Å²) in [4.78, 5) is 33.7. The molecule has 1 aliphatic carbocycles. The molecule has 3 aromatic rings. The molecule has 1 aromatic carbocycles. The van der Waals surface area contributed by atoms with Crippen molar-refractivity contribution in [3.05, 3.63) is 49.6 Å². The number of nitrogens with one attached hydrogen (secondary N) is 2. The average Bonchev–Trinajstić information content (AvgIpc) is 3.06. The molecule has 0 atom stereocenters. The number of thioether (sulfide) groups is 1. The van der Waals surface area contributed by atoms with E-state index in [1.54, 1.807) is 0 Å². The predicted octanol–water partition coefficient (Wildman–Crippen LogP) is 5.27. The number of carbonyl (C=O) groups is 1. The lowest BCUT2D eigenvalue weighted by Crippen LogP contribution is -2.16. The first-order valence-corrected chi connectivity index (χ1v) is 11.2. The van der Waals surface area contributed by atoms with Gasteiger partial charge in [-0.1, -0.05) is 23.4 Å². The number of aromatic amines is 1. The van der Waals surface area contributed by atoms with Crippen molar-refractivity contribution in [2.75, 3.05) is 11.1 Å². The molecule has 0 fully saturated rings. The van der Waals surface area contributed by atoms with Gasteiger partial charge in [0.15, 0.2) is 5.16 Å². The van der Waals surface area contributed by atoms with Crippen molar-refractivity contribution in [2.45, 2.75) is 37.0 Å². The second-order valence-corrected chi connectivity index (χ2v) is 9.25. The Balaban J connectivity index is 1.47. The second kappa shape index (κ2) is 8.24. The molecule has 1 amide bonds. The van der Waals surface area contributed by atoms with Crippen LogP contribution in [0.1, 0.15) is 28.8 Å². The van der Waals surface area contributed by atoms with Crippen LogP contribution in [0.15, 0.2) is 28.2 Å². The normalized spacial score (nSPS) is 14.0. The van der Waals surface area contributed by atoms with Gasteiger partial charge in [0.1, 0.15) is 4.83 Å². The molecular weight excluding hydrogens is 459 g/mol. The summed E-state index contributed by atoms with van der Waals surface area (Å²) in [6, 6.07) is 3.16. The fourth-order valence-electron chi connectivity index (χ4n) is 3.36. The third kappa shape index (κ3) is 4.35. The van der Waals surface area contributed by atoms with E-state index in [9.17, 15) is 22.8 Å². The molecule has 1 aliphatic rings. The smallest absolute Gasteiger partial charge is 0.325 e. The van der Waals surface area contributed by atoms with Crippen molar-refractivity contribution in [3.8, 4) is 0 Å². The lowest BCUT2D eigenvalue weighted by Gasteiger charge is -2.11. The number of amides is 1. The minimum Gasteiger partial charge on any atom is -0.325 e. The number of alkyl halides is 3. The summed E-state index contributed by atoms with van der Waals surface area (Å²) in [5.74, 6) is -0.646. The number of H-pyrrole nitrogens is 1. The van der Waals surface area contributed by atoms with Crippen LogP contribution in [0.5, 0.6) is 0 Å². The number of hydrogen-bond acceptors (Lipinski definition) is 5. The molecule has 0 saturated carbocycles. The maximum atomic E-state index is 12.9. The van der Waals surface area contributed by atoms with Gasteiger partial charge in [-0.3, -0.25) is 9.59 Å². The van der Waals surface area contributed by atoms with E-state index in [2.05, 4.69) is 15.3 Å². The van der Waals surface area contributed by atoms with Crippen molar-refractivity contribution in [2.24, 2.45) is 0 Å². The van der Waals surface area contributed by atoms with Gasteiger partial charge in [-0.05, 0) is 49.4 Å². The number of benzene rings is 1. The third-order valence-corrected chi connectivity index (χ3v) is 7.09. The van der Waals surface area contributed by atoms with Crippen LogP contribution in [-0.2, 0) is 23.8 Å². The minimum absolute atomic E-state index is 0.0137. The van der Waals surface area contributed by atoms with Crippen molar-refractivity contribution < 1.29 is 18.0 Å². The average molecular weight is 474 g/mol. The number of rotatable bonds is 4. The Morgan fingerprint density at radius 2 is 2.07 bits per heavy atom. The molecular formula is C19H15ClF3N3O2S2. The fourth-order valence-corrected chi connectivity index (χ4v) is 5.57. The molecule has 2 heterocycles. The Morgan fingerprint density at radius 3 is 2.83 bits per heavy atom. The number of thiophene rings is 1. The van der Waals surface area contributed by atoms with Crippen LogP contribution in [0.4, 0.5) is 18.9 Å². The zero-order valence-corrected chi connectivity index (χ0v) is 17.7. The van der Waals surface area contributed by atoms with Gasteiger partial charge < -0.3 is 10.3 Å². The Kier molecular flexibility index (Phi) is 5.82. The van der Waals surface area contributed by atoms with E-state index in [-0.39, 0.29) is 17.0 Å². The molecule has 0 aliphatic heterocycles. The topological polar surface area (TPSA) is 74.8 Å². The van der Waals surface area contributed by atoms with E-state index < -0.39 is 22.7 Å². The summed E-state index contributed by atoms with van der Waals surface area (Å²) < 4.78 is 38.8.